The number of rotatable bonds is 4. The third kappa shape index (κ3) is 2.76. The van der Waals surface area contributed by atoms with Gasteiger partial charge in [-0.25, -0.2) is 4.98 Å². The molecule has 1 aliphatic rings. The summed E-state index contributed by atoms with van der Waals surface area (Å²) in [4.78, 5) is 19.4. The van der Waals surface area contributed by atoms with Gasteiger partial charge in [0.25, 0.3) is 0 Å². The summed E-state index contributed by atoms with van der Waals surface area (Å²) in [5, 5.41) is 2.89. The summed E-state index contributed by atoms with van der Waals surface area (Å²) in [6.07, 6.45) is 2.71. The van der Waals surface area contributed by atoms with E-state index in [-0.39, 0.29) is 11.9 Å². The van der Waals surface area contributed by atoms with Crippen LogP contribution < -0.4 is 11.1 Å². The number of benzene rings is 1. The van der Waals surface area contributed by atoms with Gasteiger partial charge in [0.1, 0.15) is 5.82 Å². The number of anilines is 1. The lowest BCUT2D eigenvalue weighted by Gasteiger charge is -2.10. The monoisotopic (exact) mass is 258 g/mol. The fourth-order valence-corrected chi connectivity index (χ4v) is 2.33. The molecule has 5 nitrogen and oxygen atoms in total. The van der Waals surface area contributed by atoms with Crippen molar-refractivity contribution in [1.82, 2.24) is 9.97 Å². The van der Waals surface area contributed by atoms with Crippen LogP contribution in [0.25, 0.3) is 11.0 Å². The Morgan fingerprint density at radius 2 is 2.37 bits per heavy atom. The molecular weight excluding hydrogens is 240 g/mol. The number of carbonyl (C=O) groups is 1. The molecule has 1 amide bonds. The number of aryl methyl sites for hydroxylation is 1. The molecule has 1 heterocycles. The number of aromatic nitrogens is 2. The Morgan fingerprint density at radius 1 is 1.58 bits per heavy atom. The highest BCUT2D eigenvalue weighted by Crippen LogP contribution is 2.32. The van der Waals surface area contributed by atoms with Crippen molar-refractivity contribution in [3.8, 4) is 0 Å². The van der Waals surface area contributed by atoms with Crippen LogP contribution in [-0.2, 0) is 4.79 Å². The lowest BCUT2D eigenvalue weighted by molar-refractivity contribution is -0.116. The molecule has 4 N–H and O–H groups in total. The van der Waals surface area contributed by atoms with Gasteiger partial charge < -0.3 is 16.0 Å². The maximum absolute atomic E-state index is 11.9. The van der Waals surface area contributed by atoms with E-state index in [4.69, 9.17) is 5.73 Å². The summed E-state index contributed by atoms with van der Waals surface area (Å²) < 4.78 is 0. The van der Waals surface area contributed by atoms with Crippen molar-refractivity contribution < 1.29 is 4.79 Å². The second kappa shape index (κ2) is 4.66. The minimum atomic E-state index is -0.0185. The van der Waals surface area contributed by atoms with E-state index >= 15 is 0 Å². The number of amides is 1. The second-order valence-electron chi connectivity index (χ2n) is 5.31. The Labute approximate surface area is 111 Å². The Kier molecular flexibility index (Phi) is 2.98. The summed E-state index contributed by atoms with van der Waals surface area (Å²) in [6, 6.07) is 5.66. The maximum Gasteiger partial charge on any atom is 0.225 e. The van der Waals surface area contributed by atoms with Crippen LogP contribution in [0.3, 0.4) is 0 Å². The third-order valence-corrected chi connectivity index (χ3v) is 3.53. The molecule has 1 unspecified atom stereocenters. The Bertz CT molecular complexity index is 615. The summed E-state index contributed by atoms with van der Waals surface area (Å²) >= 11 is 0. The standard InChI is InChI=1S/C14H18N4O/c1-8-16-12-5-4-10(6-13(12)17-8)18-14(19)7-11(15)9-2-3-9/h4-6,9,11H,2-3,7,15H2,1H3,(H,16,17)(H,18,19). The first kappa shape index (κ1) is 12.2. The first-order valence-corrected chi connectivity index (χ1v) is 6.63. The number of H-pyrrole nitrogens is 1. The Morgan fingerprint density at radius 3 is 3.11 bits per heavy atom. The zero-order chi connectivity index (χ0) is 13.4. The van der Waals surface area contributed by atoms with Crippen LogP contribution in [0, 0.1) is 12.8 Å². The zero-order valence-corrected chi connectivity index (χ0v) is 10.9. The van der Waals surface area contributed by atoms with Crippen LogP contribution in [0.5, 0.6) is 0 Å². The van der Waals surface area contributed by atoms with Crippen molar-refractivity contribution in [2.75, 3.05) is 5.32 Å². The largest absolute Gasteiger partial charge is 0.342 e. The summed E-state index contributed by atoms with van der Waals surface area (Å²) in [5.74, 6) is 1.40. The molecule has 1 aromatic heterocycles. The Hall–Kier alpha value is -1.88. The maximum atomic E-state index is 11.9. The predicted molar refractivity (Wildman–Crippen MR) is 74.8 cm³/mol. The molecule has 0 saturated heterocycles. The Balaban J connectivity index is 1.68. The molecule has 0 aliphatic heterocycles. The van der Waals surface area contributed by atoms with Crippen molar-refractivity contribution in [3.63, 3.8) is 0 Å². The molecule has 0 radical (unpaired) electrons. The van der Waals surface area contributed by atoms with Crippen LogP contribution in [0.4, 0.5) is 5.69 Å². The average Bonchev–Trinajstić information content (AvgIpc) is 3.11. The van der Waals surface area contributed by atoms with Gasteiger partial charge in [0.15, 0.2) is 0 Å². The van der Waals surface area contributed by atoms with Crippen LogP contribution >= 0.6 is 0 Å². The fraction of sp³-hybridized carbons (Fsp3) is 0.429. The number of hydrogen-bond acceptors (Lipinski definition) is 3. The van der Waals surface area contributed by atoms with E-state index < -0.39 is 0 Å². The van der Waals surface area contributed by atoms with Crippen molar-refractivity contribution >= 4 is 22.6 Å². The van der Waals surface area contributed by atoms with Crippen LogP contribution in [0.2, 0.25) is 0 Å². The molecule has 1 fully saturated rings. The SMILES string of the molecule is Cc1nc2ccc(NC(=O)CC(N)C3CC3)cc2[nH]1. The molecule has 1 saturated carbocycles. The summed E-state index contributed by atoms with van der Waals surface area (Å²) in [5.41, 5.74) is 8.57. The number of fused-ring (bicyclic) bond motifs is 1. The van der Waals surface area contributed by atoms with Gasteiger partial charge in [-0.1, -0.05) is 0 Å². The first-order valence-electron chi connectivity index (χ1n) is 6.63. The van der Waals surface area contributed by atoms with Gasteiger partial charge in [0.2, 0.25) is 5.91 Å². The minimum Gasteiger partial charge on any atom is -0.342 e. The molecule has 0 bridgehead atoms. The summed E-state index contributed by atoms with van der Waals surface area (Å²) in [7, 11) is 0. The highest BCUT2D eigenvalue weighted by atomic mass is 16.1. The van der Waals surface area contributed by atoms with Gasteiger partial charge >= 0.3 is 0 Å². The second-order valence-corrected chi connectivity index (χ2v) is 5.31. The number of hydrogen-bond donors (Lipinski definition) is 3. The molecule has 1 aliphatic carbocycles. The number of nitrogens with zero attached hydrogens (tertiary/aromatic N) is 1. The quantitative estimate of drug-likeness (QED) is 0.783. The van der Waals surface area contributed by atoms with Gasteiger partial charge in [0, 0.05) is 18.2 Å². The molecule has 1 aromatic carbocycles. The van der Waals surface area contributed by atoms with Crippen molar-refractivity contribution in [3.05, 3.63) is 24.0 Å². The smallest absolute Gasteiger partial charge is 0.225 e. The molecule has 19 heavy (non-hydrogen) atoms. The number of aromatic amines is 1. The minimum absolute atomic E-state index is 0.00173. The van der Waals surface area contributed by atoms with Gasteiger partial charge in [0.05, 0.1) is 11.0 Å². The predicted octanol–water partition coefficient (Wildman–Crippen LogP) is 1.94. The van der Waals surface area contributed by atoms with Crippen molar-refractivity contribution in [2.24, 2.45) is 11.7 Å². The van der Waals surface area contributed by atoms with Crippen LogP contribution in [0.1, 0.15) is 25.1 Å². The van der Waals surface area contributed by atoms with E-state index in [1.807, 2.05) is 25.1 Å². The number of carbonyl (C=O) groups excluding carboxylic acids is 1. The van der Waals surface area contributed by atoms with E-state index in [0.717, 1.165) is 35.4 Å². The molecule has 0 spiro atoms. The topological polar surface area (TPSA) is 83.8 Å². The highest BCUT2D eigenvalue weighted by molar-refractivity contribution is 5.93. The number of imidazole rings is 1. The van der Waals surface area contributed by atoms with Crippen molar-refractivity contribution in [2.45, 2.75) is 32.2 Å². The molecule has 100 valence electrons. The lowest BCUT2D eigenvalue weighted by atomic mass is 10.1. The van der Waals surface area contributed by atoms with E-state index in [1.54, 1.807) is 0 Å². The molecular formula is C14H18N4O. The lowest BCUT2D eigenvalue weighted by Crippen LogP contribution is -2.28. The molecule has 5 heteroatoms. The third-order valence-electron chi connectivity index (χ3n) is 3.53. The van der Waals surface area contributed by atoms with E-state index in [0.29, 0.717) is 12.3 Å². The van der Waals surface area contributed by atoms with Gasteiger partial charge in [-0.15, -0.1) is 0 Å². The van der Waals surface area contributed by atoms with E-state index in [1.165, 1.54) is 0 Å². The summed E-state index contributed by atoms with van der Waals surface area (Å²) in [6.45, 7) is 1.91. The number of nitrogens with one attached hydrogen (secondary N) is 2. The van der Waals surface area contributed by atoms with Gasteiger partial charge in [-0.3, -0.25) is 4.79 Å². The van der Waals surface area contributed by atoms with E-state index in [9.17, 15) is 4.79 Å². The first-order chi connectivity index (χ1) is 9.11. The number of nitrogens with two attached hydrogens (primary N) is 1. The average molecular weight is 258 g/mol. The van der Waals surface area contributed by atoms with Gasteiger partial charge in [-0.2, -0.15) is 0 Å². The zero-order valence-electron chi connectivity index (χ0n) is 10.9. The van der Waals surface area contributed by atoms with Crippen LogP contribution in [-0.4, -0.2) is 21.9 Å². The van der Waals surface area contributed by atoms with Gasteiger partial charge in [-0.05, 0) is 43.9 Å². The van der Waals surface area contributed by atoms with E-state index in [2.05, 4.69) is 15.3 Å². The highest BCUT2D eigenvalue weighted by Gasteiger charge is 2.29. The van der Waals surface area contributed by atoms with Crippen LogP contribution in [0.15, 0.2) is 18.2 Å². The van der Waals surface area contributed by atoms with Crippen molar-refractivity contribution in [1.29, 1.82) is 0 Å². The fourth-order valence-electron chi connectivity index (χ4n) is 2.33. The molecule has 1 atom stereocenters. The molecule has 2 aromatic rings. The molecule has 3 rings (SSSR count). The normalized spacial score (nSPS) is 16.5.